The van der Waals surface area contributed by atoms with E-state index in [1.807, 2.05) is 36.4 Å². The SMILES string of the molecule is N=C(N)c1cccc(CNC(=O)C2CC3(CN2C(=O)CNC(=O)c2ccc(Oc4ccccc4)cc2)OCCO3)c1. The molecule has 3 amide bonds. The molecular formula is C30H31N5O6. The highest BCUT2D eigenvalue weighted by molar-refractivity contribution is 5.97. The van der Waals surface area contributed by atoms with Gasteiger partial charge in [0.2, 0.25) is 11.8 Å². The van der Waals surface area contributed by atoms with Crippen LogP contribution in [-0.4, -0.2) is 66.6 Å². The molecule has 212 valence electrons. The van der Waals surface area contributed by atoms with Crippen molar-refractivity contribution in [1.29, 1.82) is 5.41 Å². The summed E-state index contributed by atoms with van der Waals surface area (Å²) in [6.45, 7) is 0.699. The second kappa shape index (κ2) is 12.2. The van der Waals surface area contributed by atoms with Gasteiger partial charge >= 0.3 is 0 Å². The Morgan fingerprint density at radius 2 is 1.63 bits per heavy atom. The lowest BCUT2D eigenvalue weighted by Gasteiger charge is -2.24. The molecule has 5 rings (SSSR count). The number of hydrogen-bond acceptors (Lipinski definition) is 7. The summed E-state index contributed by atoms with van der Waals surface area (Å²) in [5.74, 6) is -1.10. The topological polar surface area (TPSA) is 156 Å². The summed E-state index contributed by atoms with van der Waals surface area (Å²) in [5.41, 5.74) is 7.24. The van der Waals surface area contributed by atoms with Gasteiger partial charge in [0, 0.05) is 24.1 Å². The average molecular weight is 558 g/mol. The second-order valence-electron chi connectivity index (χ2n) is 9.80. The van der Waals surface area contributed by atoms with Gasteiger partial charge in [0.05, 0.1) is 26.3 Å². The number of amides is 3. The maximum atomic E-state index is 13.2. The van der Waals surface area contributed by atoms with E-state index in [0.717, 1.165) is 5.56 Å². The third-order valence-corrected chi connectivity index (χ3v) is 6.93. The van der Waals surface area contributed by atoms with Crippen LogP contribution in [0.25, 0.3) is 0 Å². The van der Waals surface area contributed by atoms with Crippen LogP contribution in [-0.2, 0) is 25.6 Å². The highest BCUT2D eigenvalue weighted by Crippen LogP contribution is 2.35. The molecule has 2 saturated heterocycles. The second-order valence-corrected chi connectivity index (χ2v) is 9.80. The van der Waals surface area contributed by atoms with Crippen LogP contribution in [0.2, 0.25) is 0 Å². The number of nitrogens with zero attached hydrogens (tertiary/aromatic N) is 1. The number of rotatable bonds is 9. The van der Waals surface area contributed by atoms with Gasteiger partial charge in [-0.2, -0.15) is 0 Å². The summed E-state index contributed by atoms with van der Waals surface area (Å²) < 4.78 is 17.3. The molecule has 0 radical (unpaired) electrons. The third-order valence-electron chi connectivity index (χ3n) is 6.93. The number of carbonyl (C=O) groups excluding carboxylic acids is 3. The van der Waals surface area contributed by atoms with E-state index in [-0.39, 0.29) is 37.8 Å². The zero-order chi connectivity index (χ0) is 28.8. The fraction of sp³-hybridized carbons (Fsp3) is 0.267. The number of ether oxygens (including phenoxy) is 3. The van der Waals surface area contributed by atoms with Gasteiger partial charge in [0.25, 0.3) is 5.91 Å². The zero-order valence-corrected chi connectivity index (χ0v) is 22.3. The summed E-state index contributed by atoms with van der Waals surface area (Å²) in [6.07, 6.45) is 0.175. The molecule has 2 heterocycles. The maximum Gasteiger partial charge on any atom is 0.251 e. The Morgan fingerprint density at radius 1 is 0.927 bits per heavy atom. The van der Waals surface area contributed by atoms with Crippen molar-refractivity contribution in [2.45, 2.75) is 24.8 Å². The molecule has 0 bridgehead atoms. The summed E-state index contributed by atoms with van der Waals surface area (Å²) in [6, 6.07) is 22.0. The molecule has 0 aliphatic carbocycles. The predicted octanol–water partition coefficient (Wildman–Crippen LogP) is 2.15. The molecule has 2 aliphatic rings. The minimum Gasteiger partial charge on any atom is -0.457 e. The van der Waals surface area contributed by atoms with Gasteiger partial charge in [-0.3, -0.25) is 19.8 Å². The van der Waals surface area contributed by atoms with Crippen molar-refractivity contribution in [2.24, 2.45) is 5.73 Å². The largest absolute Gasteiger partial charge is 0.457 e. The van der Waals surface area contributed by atoms with Gasteiger partial charge in [0.1, 0.15) is 23.4 Å². The lowest BCUT2D eigenvalue weighted by atomic mass is 10.1. The molecule has 11 nitrogen and oxygen atoms in total. The molecule has 1 spiro atoms. The van der Waals surface area contributed by atoms with Crippen LogP contribution < -0.4 is 21.1 Å². The number of likely N-dealkylation sites (tertiary alicyclic amines) is 1. The summed E-state index contributed by atoms with van der Waals surface area (Å²) in [4.78, 5) is 40.6. The van der Waals surface area contributed by atoms with E-state index in [9.17, 15) is 14.4 Å². The van der Waals surface area contributed by atoms with Crippen molar-refractivity contribution < 1.29 is 28.6 Å². The Balaban J connectivity index is 1.19. The van der Waals surface area contributed by atoms with Crippen LogP contribution in [0.15, 0.2) is 78.9 Å². The first-order valence-electron chi connectivity index (χ1n) is 13.2. The zero-order valence-electron chi connectivity index (χ0n) is 22.3. The van der Waals surface area contributed by atoms with Crippen LogP contribution in [0.4, 0.5) is 0 Å². The Labute approximate surface area is 237 Å². The predicted molar refractivity (Wildman–Crippen MR) is 149 cm³/mol. The maximum absolute atomic E-state index is 13.2. The molecule has 5 N–H and O–H groups in total. The van der Waals surface area contributed by atoms with E-state index in [2.05, 4.69) is 10.6 Å². The van der Waals surface area contributed by atoms with Gasteiger partial charge in [-0.15, -0.1) is 0 Å². The molecule has 1 unspecified atom stereocenters. The molecule has 41 heavy (non-hydrogen) atoms. The first-order chi connectivity index (χ1) is 19.8. The summed E-state index contributed by atoms with van der Waals surface area (Å²) in [5, 5.41) is 13.1. The minimum atomic E-state index is -1.05. The van der Waals surface area contributed by atoms with Gasteiger partial charge < -0.3 is 35.5 Å². The van der Waals surface area contributed by atoms with Crippen LogP contribution in [0.1, 0.15) is 27.9 Å². The minimum absolute atomic E-state index is 0.0679. The number of hydrogen-bond donors (Lipinski definition) is 4. The van der Waals surface area contributed by atoms with Crippen molar-refractivity contribution in [3.8, 4) is 11.5 Å². The van der Waals surface area contributed by atoms with E-state index >= 15 is 0 Å². The van der Waals surface area contributed by atoms with E-state index in [1.54, 1.807) is 42.5 Å². The van der Waals surface area contributed by atoms with Crippen LogP contribution >= 0.6 is 0 Å². The van der Waals surface area contributed by atoms with E-state index in [0.29, 0.717) is 35.8 Å². The van der Waals surface area contributed by atoms with Crippen molar-refractivity contribution >= 4 is 23.6 Å². The highest BCUT2D eigenvalue weighted by atomic mass is 16.7. The fourth-order valence-corrected chi connectivity index (χ4v) is 4.86. The van der Waals surface area contributed by atoms with Crippen molar-refractivity contribution in [3.63, 3.8) is 0 Å². The smallest absolute Gasteiger partial charge is 0.251 e. The van der Waals surface area contributed by atoms with E-state index in [4.69, 9.17) is 25.4 Å². The van der Waals surface area contributed by atoms with Crippen LogP contribution in [0, 0.1) is 5.41 Å². The lowest BCUT2D eigenvalue weighted by Crippen LogP contribution is -2.49. The molecule has 3 aromatic rings. The Kier molecular flexibility index (Phi) is 8.27. The van der Waals surface area contributed by atoms with Crippen molar-refractivity contribution in [2.75, 3.05) is 26.3 Å². The number of benzene rings is 3. The normalized spacial score (nSPS) is 17.3. The molecule has 3 aromatic carbocycles. The van der Waals surface area contributed by atoms with Gasteiger partial charge in [0.15, 0.2) is 5.79 Å². The molecule has 11 heteroatoms. The van der Waals surface area contributed by atoms with E-state index < -0.39 is 23.6 Å². The Morgan fingerprint density at radius 3 is 2.34 bits per heavy atom. The molecule has 0 saturated carbocycles. The highest BCUT2D eigenvalue weighted by Gasteiger charge is 2.52. The summed E-state index contributed by atoms with van der Waals surface area (Å²) in [7, 11) is 0. The van der Waals surface area contributed by atoms with Crippen molar-refractivity contribution in [3.05, 3.63) is 95.6 Å². The molecular weight excluding hydrogens is 526 g/mol. The molecule has 2 aliphatic heterocycles. The number of nitrogen functional groups attached to an aromatic ring is 1. The first kappa shape index (κ1) is 27.8. The van der Waals surface area contributed by atoms with Crippen molar-refractivity contribution in [1.82, 2.24) is 15.5 Å². The Hall–Kier alpha value is -4.74. The number of amidine groups is 1. The standard InChI is InChI=1S/C30H31N5O6/c31-27(32)22-6-4-5-20(15-22)17-33-29(38)25-16-30(39-13-14-40-30)19-35(25)26(36)18-34-28(37)21-9-11-24(12-10-21)41-23-7-2-1-3-8-23/h1-12,15,25H,13-14,16-19H2,(H3,31,32)(H,33,38)(H,34,37). The van der Waals surface area contributed by atoms with Gasteiger partial charge in [-0.05, 0) is 48.0 Å². The molecule has 2 fully saturated rings. The van der Waals surface area contributed by atoms with Crippen LogP contribution in [0.5, 0.6) is 11.5 Å². The van der Waals surface area contributed by atoms with Gasteiger partial charge in [-0.25, -0.2) is 0 Å². The van der Waals surface area contributed by atoms with E-state index in [1.165, 1.54) is 4.90 Å². The summed E-state index contributed by atoms with van der Waals surface area (Å²) >= 11 is 0. The third kappa shape index (κ3) is 6.71. The quantitative estimate of drug-likeness (QED) is 0.232. The number of nitrogens with two attached hydrogens (primary N) is 1. The number of carbonyl (C=O) groups is 3. The number of nitrogens with one attached hydrogen (secondary N) is 3. The first-order valence-corrected chi connectivity index (χ1v) is 13.2. The average Bonchev–Trinajstić information content (AvgIpc) is 3.62. The lowest BCUT2D eigenvalue weighted by molar-refractivity contribution is -0.152. The van der Waals surface area contributed by atoms with Crippen LogP contribution in [0.3, 0.4) is 0 Å². The fourth-order valence-electron chi connectivity index (χ4n) is 4.86. The monoisotopic (exact) mass is 557 g/mol. The molecule has 0 aromatic heterocycles. The van der Waals surface area contributed by atoms with Gasteiger partial charge in [-0.1, -0.05) is 36.4 Å². The Bertz CT molecular complexity index is 1420. The number of para-hydroxylation sites is 1. The molecule has 1 atom stereocenters.